The minimum atomic E-state index is -0.0333. The summed E-state index contributed by atoms with van der Waals surface area (Å²) in [5, 5.41) is 0. The molecule has 0 fully saturated rings. The van der Waals surface area contributed by atoms with Crippen molar-refractivity contribution in [3.8, 4) is 0 Å². The number of carbonyl (C=O) groups is 1. The molecule has 6 nitrogen and oxygen atoms in total. The van der Waals surface area contributed by atoms with Gasteiger partial charge >= 0.3 is 0 Å². The summed E-state index contributed by atoms with van der Waals surface area (Å²) in [6, 6.07) is 5.95. The van der Waals surface area contributed by atoms with E-state index in [1.165, 1.54) is 16.0 Å². The van der Waals surface area contributed by atoms with Gasteiger partial charge in [0.2, 0.25) is 5.91 Å². The van der Waals surface area contributed by atoms with Crippen LogP contribution in [0.25, 0.3) is 0 Å². The predicted molar refractivity (Wildman–Crippen MR) is 91.6 cm³/mol. The van der Waals surface area contributed by atoms with Crippen LogP contribution in [0.15, 0.2) is 36.8 Å². The summed E-state index contributed by atoms with van der Waals surface area (Å²) in [7, 11) is 3.45. The molecule has 0 spiro atoms. The summed E-state index contributed by atoms with van der Waals surface area (Å²) in [6.45, 7) is 2.22. The van der Waals surface area contributed by atoms with Gasteiger partial charge in [-0.2, -0.15) is 0 Å². The van der Waals surface area contributed by atoms with Crippen molar-refractivity contribution in [1.82, 2.24) is 14.9 Å². The minimum absolute atomic E-state index is 0.0333. The van der Waals surface area contributed by atoms with Gasteiger partial charge in [0.25, 0.3) is 0 Å². The minimum Gasteiger partial charge on any atom is -0.367 e. The molecule has 126 valence electrons. The lowest BCUT2D eigenvalue weighted by molar-refractivity contribution is -0.133. The molecule has 0 radical (unpaired) electrons. The Morgan fingerprint density at radius 3 is 2.96 bits per heavy atom. The fourth-order valence-electron chi connectivity index (χ4n) is 2.81. The summed E-state index contributed by atoms with van der Waals surface area (Å²) >= 11 is 0. The number of hydrogen-bond acceptors (Lipinski definition) is 5. The van der Waals surface area contributed by atoms with Crippen molar-refractivity contribution in [3.05, 3.63) is 53.5 Å². The summed E-state index contributed by atoms with van der Waals surface area (Å²) in [5.74, 6) is 0.954. The first-order valence-electron chi connectivity index (χ1n) is 8.03. The molecule has 0 aliphatic carbocycles. The van der Waals surface area contributed by atoms with E-state index in [4.69, 9.17) is 4.74 Å². The molecule has 1 aliphatic heterocycles. The number of nitrogens with zero attached hydrogens (tertiary/aromatic N) is 4. The van der Waals surface area contributed by atoms with Crippen molar-refractivity contribution in [2.24, 2.45) is 0 Å². The van der Waals surface area contributed by atoms with Crippen LogP contribution in [-0.2, 0) is 29.1 Å². The molecule has 3 heterocycles. The van der Waals surface area contributed by atoms with Crippen LogP contribution in [0.4, 0.5) is 5.82 Å². The number of rotatable bonds is 5. The Morgan fingerprint density at radius 1 is 1.33 bits per heavy atom. The quantitative estimate of drug-likeness (QED) is 0.836. The molecule has 1 amide bonds. The molecule has 3 rings (SSSR count). The second-order valence-corrected chi connectivity index (χ2v) is 6.08. The Hall–Kier alpha value is -2.47. The molecule has 0 saturated heterocycles. The number of hydrogen-bond donors (Lipinski definition) is 0. The lowest BCUT2D eigenvalue weighted by Gasteiger charge is -2.30. The van der Waals surface area contributed by atoms with Gasteiger partial charge in [0.05, 0.1) is 6.61 Å². The Bertz CT molecular complexity index is 703. The van der Waals surface area contributed by atoms with Gasteiger partial charge in [0.1, 0.15) is 12.4 Å². The molecule has 2 aromatic heterocycles. The van der Waals surface area contributed by atoms with E-state index in [0.29, 0.717) is 6.61 Å². The van der Waals surface area contributed by atoms with Gasteiger partial charge in [-0.15, -0.1) is 0 Å². The van der Waals surface area contributed by atoms with Crippen LogP contribution in [-0.4, -0.2) is 48.0 Å². The Labute approximate surface area is 142 Å². The summed E-state index contributed by atoms with van der Waals surface area (Å²) in [6.07, 6.45) is 6.50. The molecule has 0 bridgehead atoms. The van der Waals surface area contributed by atoms with E-state index in [2.05, 4.69) is 14.9 Å². The van der Waals surface area contributed by atoms with Crippen molar-refractivity contribution in [3.63, 3.8) is 0 Å². The van der Waals surface area contributed by atoms with E-state index in [0.717, 1.165) is 30.9 Å². The van der Waals surface area contributed by atoms with E-state index in [-0.39, 0.29) is 12.5 Å². The van der Waals surface area contributed by atoms with Crippen LogP contribution in [0.5, 0.6) is 0 Å². The third kappa shape index (κ3) is 3.71. The smallest absolute Gasteiger partial charge is 0.248 e. The molecule has 24 heavy (non-hydrogen) atoms. The van der Waals surface area contributed by atoms with Crippen LogP contribution in [0, 0.1) is 0 Å². The van der Waals surface area contributed by atoms with Gasteiger partial charge in [-0.05, 0) is 35.2 Å². The molecular weight excluding hydrogens is 304 g/mol. The zero-order chi connectivity index (χ0) is 16.9. The van der Waals surface area contributed by atoms with Gasteiger partial charge < -0.3 is 14.5 Å². The highest BCUT2D eigenvalue weighted by Gasteiger charge is 2.20. The van der Waals surface area contributed by atoms with Crippen LogP contribution >= 0.6 is 0 Å². The highest BCUT2D eigenvalue weighted by molar-refractivity contribution is 5.76. The summed E-state index contributed by atoms with van der Waals surface area (Å²) in [4.78, 5) is 24.1. The van der Waals surface area contributed by atoms with Crippen molar-refractivity contribution in [1.29, 1.82) is 0 Å². The Kier molecular flexibility index (Phi) is 5.05. The van der Waals surface area contributed by atoms with Gasteiger partial charge in [-0.1, -0.05) is 6.07 Å². The fourth-order valence-corrected chi connectivity index (χ4v) is 2.81. The van der Waals surface area contributed by atoms with Crippen LogP contribution < -0.4 is 4.90 Å². The Balaban J connectivity index is 1.67. The van der Waals surface area contributed by atoms with E-state index < -0.39 is 0 Å². The number of aromatic nitrogens is 2. The van der Waals surface area contributed by atoms with Crippen LogP contribution in [0.3, 0.4) is 0 Å². The van der Waals surface area contributed by atoms with Gasteiger partial charge in [0, 0.05) is 45.8 Å². The second kappa shape index (κ2) is 7.40. The summed E-state index contributed by atoms with van der Waals surface area (Å²) < 4.78 is 5.56. The zero-order valence-corrected chi connectivity index (χ0v) is 14.1. The average molecular weight is 326 g/mol. The molecular formula is C18H22N4O2. The third-order valence-electron chi connectivity index (χ3n) is 4.18. The molecule has 0 aromatic carbocycles. The molecule has 1 aliphatic rings. The topological polar surface area (TPSA) is 58.6 Å². The zero-order valence-electron chi connectivity index (χ0n) is 14.1. The predicted octanol–water partition coefficient (Wildman–Crippen LogP) is 1.64. The van der Waals surface area contributed by atoms with Crippen LogP contribution in [0.1, 0.15) is 16.7 Å². The maximum absolute atomic E-state index is 11.6. The first-order valence-corrected chi connectivity index (χ1v) is 8.03. The highest BCUT2D eigenvalue weighted by atomic mass is 16.5. The number of carbonyl (C=O) groups excluding carboxylic acids is 1. The number of fused-ring (bicyclic) bond motifs is 1. The normalized spacial score (nSPS) is 13.5. The fraction of sp³-hybridized carbons (Fsp3) is 0.389. The standard InChI is InChI=1S/C18H22N4O2/c1-21(2)18(23)13-24-12-15-10-19-9-14-11-22(8-6-16(14)15)17-5-3-4-7-20-17/h3-5,7,9-10H,6,8,11-13H2,1-2H3. The average Bonchev–Trinajstić information content (AvgIpc) is 2.62. The number of amides is 1. The first kappa shape index (κ1) is 16.4. The van der Waals surface area contributed by atoms with E-state index in [1.807, 2.05) is 36.8 Å². The van der Waals surface area contributed by atoms with Gasteiger partial charge in [0.15, 0.2) is 0 Å². The largest absolute Gasteiger partial charge is 0.367 e. The second-order valence-electron chi connectivity index (χ2n) is 6.08. The maximum atomic E-state index is 11.6. The monoisotopic (exact) mass is 326 g/mol. The number of likely N-dealkylation sites (N-methyl/N-ethyl adjacent to an activating group) is 1. The molecule has 0 N–H and O–H groups in total. The van der Waals surface area contributed by atoms with Crippen molar-refractivity contribution < 1.29 is 9.53 Å². The van der Waals surface area contributed by atoms with E-state index in [1.54, 1.807) is 14.1 Å². The van der Waals surface area contributed by atoms with Gasteiger partial charge in [-0.25, -0.2) is 4.98 Å². The molecule has 0 saturated carbocycles. The number of ether oxygens (including phenoxy) is 1. The molecule has 0 unspecified atom stereocenters. The highest BCUT2D eigenvalue weighted by Crippen LogP contribution is 2.25. The SMILES string of the molecule is CN(C)C(=O)COCc1cncc2c1CCN(c1ccccn1)C2. The first-order chi connectivity index (χ1) is 11.6. The van der Waals surface area contributed by atoms with E-state index in [9.17, 15) is 4.79 Å². The van der Waals surface area contributed by atoms with Crippen molar-refractivity contribution in [2.75, 3.05) is 32.1 Å². The van der Waals surface area contributed by atoms with E-state index >= 15 is 0 Å². The lowest BCUT2D eigenvalue weighted by Crippen LogP contribution is -2.32. The number of pyridine rings is 2. The third-order valence-corrected chi connectivity index (χ3v) is 4.18. The van der Waals surface area contributed by atoms with Crippen molar-refractivity contribution in [2.45, 2.75) is 19.6 Å². The molecule has 6 heteroatoms. The van der Waals surface area contributed by atoms with Crippen LogP contribution in [0.2, 0.25) is 0 Å². The maximum Gasteiger partial charge on any atom is 0.248 e. The molecule has 2 aromatic rings. The Morgan fingerprint density at radius 2 is 2.21 bits per heavy atom. The molecule has 0 atom stereocenters. The van der Waals surface area contributed by atoms with Crippen molar-refractivity contribution >= 4 is 11.7 Å². The number of anilines is 1. The summed E-state index contributed by atoms with van der Waals surface area (Å²) in [5.41, 5.74) is 3.56. The lowest BCUT2D eigenvalue weighted by atomic mass is 9.97. The van der Waals surface area contributed by atoms with Gasteiger partial charge in [-0.3, -0.25) is 9.78 Å².